The Balaban J connectivity index is 1.49. The van der Waals surface area contributed by atoms with Gasteiger partial charge in [-0.15, -0.1) is 0 Å². The summed E-state index contributed by atoms with van der Waals surface area (Å²) in [6.07, 6.45) is 0. The van der Waals surface area contributed by atoms with E-state index in [0.717, 1.165) is 10.8 Å². The van der Waals surface area contributed by atoms with E-state index in [-0.39, 0.29) is 22.3 Å². The first-order valence-electron chi connectivity index (χ1n) is 8.40. The molecule has 0 aliphatic heterocycles. The second-order valence-electron chi connectivity index (χ2n) is 5.85. The van der Waals surface area contributed by atoms with Crippen molar-refractivity contribution >= 4 is 63.1 Å². The van der Waals surface area contributed by atoms with Crippen molar-refractivity contribution in [1.29, 1.82) is 0 Å². The Kier molecular flexibility index (Phi) is 6.87. The number of carbonyl (C=O) groups is 2. The van der Waals surface area contributed by atoms with Gasteiger partial charge in [0.2, 0.25) is 0 Å². The summed E-state index contributed by atoms with van der Waals surface area (Å²) in [5.41, 5.74) is 4.99. The predicted octanol–water partition coefficient (Wildman–Crippen LogP) is 3.86. The molecule has 0 aliphatic rings. The van der Waals surface area contributed by atoms with Crippen molar-refractivity contribution in [3.63, 3.8) is 0 Å². The van der Waals surface area contributed by atoms with Gasteiger partial charge in [0.25, 0.3) is 11.8 Å². The molecule has 0 saturated carbocycles. The summed E-state index contributed by atoms with van der Waals surface area (Å²) in [5, 5.41) is 4.83. The highest BCUT2D eigenvalue weighted by molar-refractivity contribution is 7.80. The molecule has 9 heteroatoms. The second kappa shape index (κ2) is 9.56. The van der Waals surface area contributed by atoms with Crippen molar-refractivity contribution < 1.29 is 14.3 Å². The number of thiocarbonyl (C=S) groups is 1. The van der Waals surface area contributed by atoms with Gasteiger partial charge in [-0.25, -0.2) is 0 Å². The van der Waals surface area contributed by atoms with E-state index in [1.165, 1.54) is 18.2 Å². The highest BCUT2D eigenvalue weighted by atomic mass is 35.5. The minimum atomic E-state index is -0.532. The first-order valence-corrected chi connectivity index (χ1v) is 9.56. The molecule has 0 aliphatic carbocycles. The van der Waals surface area contributed by atoms with E-state index in [1.54, 1.807) is 6.07 Å². The van der Waals surface area contributed by atoms with Gasteiger partial charge in [0.05, 0.1) is 10.6 Å². The zero-order chi connectivity index (χ0) is 20.8. The van der Waals surface area contributed by atoms with E-state index in [4.69, 9.17) is 40.2 Å². The first kappa shape index (κ1) is 20.9. The van der Waals surface area contributed by atoms with Crippen LogP contribution in [0.15, 0.2) is 60.7 Å². The van der Waals surface area contributed by atoms with Crippen molar-refractivity contribution in [3.8, 4) is 5.75 Å². The van der Waals surface area contributed by atoms with Gasteiger partial charge in [-0.1, -0.05) is 59.6 Å². The predicted molar refractivity (Wildman–Crippen MR) is 117 cm³/mol. The average molecular weight is 448 g/mol. The number of nitrogens with one attached hydrogen (secondary N) is 3. The van der Waals surface area contributed by atoms with Crippen LogP contribution in [0.5, 0.6) is 5.75 Å². The zero-order valence-electron chi connectivity index (χ0n) is 14.9. The molecule has 0 unspecified atom stereocenters. The van der Waals surface area contributed by atoms with Gasteiger partial charge < -0.3 is 4.74 Å². The van der Waals surface area contributed by atoms with E-state index in [1.807, 2.05) is 36.4 Å². The molecule has 0 radical (unpaired) electrons. The summed E-state index contributed by atoms with van der Waals surface area (Å²) >= 11 is 16.8. The topological polar surface area (TPSA) is 79.5 Å². The van der Waals surface area contributed by atoms with E-state index in [0.29, 0.717) is 10.8 Å². The molecule has 148 valence electrons. The standard InChI is InChI=1S/C20H15Cl2N3O3S/c21-13-8-9-15(16(22)10-13)19(27)24-25-20(29)23-18(26)11-28-17-7-3-5-12-4-1-2-6-14(12)17/h1-10H,11H2,(H,24,27)(H2,23,25,26,29). The fourth-order valence-corrected chi connectivity index (χ4v) is 3.17. The summed E-state index contributed by atoms with van der Waals surface area (Å²) in [7, 11) is 0. The lowest BCUT2D eigenvalue weighted by Crippen LogP contribution is -2.49. The molecule has 3 aromatic rings. The molecule has 3 rings (SSSR count). The van der Waals surface area contributed by atoms with Crippen LogP contribution in [0.3, 0.4) is 0 Å². The van der Waals surface area contributed by atoms with E-state index in [9.17, 15) is 9.59 Å². The van der Waals surface area contributed by atoms with Crippen LogP contribution in [0.25, 0.3) is 10.8 Å². The fraction of sp³-hybridized carbons (Fsp3) is 0.0500. The molecule has 3 aromatic carbocycles. The Bertz CT molecular complexity index is 1090. The van der Waals surface area contributed by atoms with Crippen LogP contribution >= 0.6 is 35.4 Å². The van der Waals surface area contributed by atoms with Gasteiger partial charge in [-0.2, -0.15) is 0 Å². The lowest BCUT2D eigenvalue weighted by molar-refractivity contribution is -0.121. The molecule has 0 fully saturated rings. The van der Waals surface area contributed by atoms with Gasteiger partial charge >= 0.3 is 0 Å². The molecule has 0 aromatic heterocycles. The minimum absolute atomic E-state index is 0.0880. The lowest BCUT2D eigenvalue weighted by Gasteiger charge is -2.12. The largest absolute Gasteiger partial charge is 0.483 e. The molecule has 6 nitrogen and oxygen atoms in total. The summed E-state index contributed by atoms with van der Waals surface area (Å²) in [5.74, 6) is -0.424. The van der Waals surface area contributed by atoms with Gasteiger partial charge in [0.15, 0.2) is 11.7 Å². The quantitative estimate of drug-likeness (QED) is 0.417. The number of amides is 2. The molecule has 0 atom stereocenters. The Morgan fingerprint density at radius 2 is 1.72 bits per heavy atom. The molecule has 0 heterocycles. The van der Waals surface area contributed by atoms with Crippen LogP contribution in [0.2, 0.25) is 10.0 Å². The van der Waals surface area contributed by atoms with Crippen LogP contribution in [-0.4, -0.2) is 23.5 Å². The number of hydrogen-bond acceptors (Lipinski definition) is 4. The fourth-order valence-electron chi connectivity index (χ4n) is 2.51. The first-order chi connectivity index (χ1) is 13.9. The summed E-state index contributed by atoms with van der Waals surface area (Å²) in [6.45, 7) is -0.243. The Hall–Kier alpha value is -2.87. The van der Waals surface area contributed by atoms with Gasteiger partial charge in [0, 0.05) is 10.4 Å². The maximum atomic E-state index is 12.1. The molecule has 29 heavy (non-hydrogen) atoms. The molecule has 0 spiro atoms. The Morgan fingerprint density at radius 3 is 2.52 bits per heavy atom. The van der Waals surface area contributed by atoms with Crippen molar-refractivity contribution in [3.05, 3.63) is 76.3 Å². The number of rotatable bonds is 4. The third-order valence-corrected chi connectivity index (χ3v) is 4.58. The van der Waals surface area contributed by atoms with E-state index >= 15 is 0 Å². The Morgan fingerprint density at radius 1 is 0.966 bits per heavy atom. The molecule has 2 amide bonds. The van der Waals surface area contributed by atoms with E-state index in [2.05, 4.69) is 16.2 Å². The van der Waals surface area contributed by atoms with Crippen molar-refractivity contribution in [1.82, 2.24) is 16.2 Å². The van der Waals surface area contributed by atoms with Crippen LogP contribution in [0, 0.1) is 0 Å². The highest BCUT2D eigenvalue weighted by Crippen LogP contribution is 2.25. The zero-order valence-corrected chi connectivity index (χ0v) is 17.2. The third-order valence-electron chi connectivity index (χ3n) is 3.83. The van der Waals surface area contributed by atoms with Gasteiger partial charge in [-0.05, 0) is 41.9 Å². The molecular formula is C20H15Cl2N3O3S. The molecule has 0 saturated heterocycles. The van der Waals surface area contributed by atoms with E-state index < -0.39 is 11.8 Å². The van der Waals surface area contributed by atoms with Crippen molar-refractivity contribution in [2.45, 2.75) is 0 Å². The number of hydrazine groups is 1. The average Bonchev–Trinajstić information content (AvgIpc) is 2.70. The number of benzene rings is 3. The maximum absolute atomic E-state index is 12.1. The van der Waals surface area contributed by atoms with Crippen LogP contribution in [0.4, 0.5) is 0 Å². The third kappa shape index (κ3) is 5.57. The number of hydrogen-bond donors (Lipinski definition) is 3. The maximum Gasteiger partial charge on any atom is 0.271 e. The second-order valence-corrected chi connectivity index (χ2v) is 7.10. The number of carbonyl (C=O) groups excluding carboxylic acids is 2. The number of halogens is 2. The molecular weight excluding hydrogens is 433 g/mol. The van der Waals surface area contributed by atoms with Crippen LogP contribution in [-0.2, 0) is 4.79 Å². The van der Waals surface area contributed by atoms with Crippen molar-refractivity contribution in [2.24, 2.45) is 0 Å². The van der Waals surface area contributed by atoms with Crippen LogP contribution < -0.4 is 20.9 Å². The number of ether oxygens (including phenoxy) is 1. The van der Waals surface area contributed by atoms with Crippen molar-refractivity contribution in [2.75, 3.05) is 6.61 Å². The summed E-state index contributed by atoms with van der Waals surface area (Å²) in [4.78, 5) is 24.2. The minimum Gasteiger partial charge on any atom is -0.483 e. The highest BCUT2D eigenvalue weighted by Gasteiger charge is 2.12. The molecule has 3 N–H and O–H groups in total. The monoisotopic (exact) mass is 447 g/mol. The smallest absolute Gasteiger partial charge is 0.271 e. The summed E-state index contributed by atoms with van der Waals surface area (Å²) in [6, 6.07) is 17.7. The Labute approximate surface area is 182 Å². The van der Waals surface area contributed by atoms with Gasteiger partial charge in [0.1, 0.15) is 5.75 Å². The molecule has 0 bridgehead atoms. The SMILES string of the molecule is O=C(COc1cccc2ccccc12)NC(=S)NNC(=O)c1ccc(Cl)cc1Cl. The number of fused-ring (bicyclic) bond motifs is 1. The lowest BCUT2D eigenvalue weighted by atomic mass is 10.1. The van der Waals surface area contributed by atoms with Gasteiger partial charge in [-0.3, -0.25) is 25.8 Å². The summed E-state index contributed by atoms with van der Waals surface area (Å²) < 4.78 is 5.59. The van der Waals surface area contributed by atoms with Crippen LogP contribution in [0.1, 0.15) is 10.4 Å². The normalized spacial score (nSPS) is 10.3.